The van der Waals surface area contributed by atoms with Gasteiger partial charge in [0.15, 0.2) is 6.10 Å². The van der Waals surface area contributed by atoms with E-state index in [1.165, 1.54) is 6.92 Å². The molecular weight excluding hydrogens is 278 g/mol. The monoisotopic (exact) mass is 299 g/mol. The minimum atomic E-state index is -3.57. The van der Waals surface area contributed by atoms with Gasteiger partial charge < -0.3 is 4.74 Å². The van der Waals surface area contributed by atoms with Crippen LogP contribution in [0.3, 0.4) is 0 Å². The standard InChI is InChI=1S/C14H21NO4S/c1-10(13(16)15-20(5,17)18)19-12-8-6-7-11(9-12)14(2,3)4/h6-10H,1-5H3,(H,15,16). The van der Waals surface area contributed by atoms with Crippen LogP contribution >= 0.6 is 0 Å². The van der Waals surface area contributed by atoms with Gasteiger partial charge >= 0.3 is 0 Å². The van der Waals surface area contributed by atoms with E-state index in [0.29, 0.717) is 5.75 Å². The van der Waals surface area contributed by atoms with E-state index < -0.39 is 22.0 Å². The smallest absolute Gasteiger partial charge is 0.274 e. The number of carbonyl (C=O) groups excluding carboxylic acids is 1. The third kappa shape index (κ3) is 5.21. The summed E-state index contributed by atoms with van der Waals surface area (Å²) in [6.45, 7) is 7.73. The fourth-order valence-electron chi connectivity index (χ4n) is 1.56. The molecule has 20 heavy (non-hydrogen) atoms. The highest BCUT2D eigenvalue weighted by Crippen LogP contribution is 2.26. The molecule has 5 nitrogen and oxygen atoms in total. The quantitative estimate of drug-likeness (QED) is 0.920. The Hall–Kier alpha value is -1.56. The summed E-state index contributed by atoms with van der Waals surface area (Å²) in [6.07, 6.45) is 0.0395. The second-order valence-corrected chi connectivity index (χ2v) is 7.52. The van der Waals surface area contributed by atoms with Crippen molar-refractivity contribution in [3.8, 4) is 5.75 Å². The fraction of sp³-hybridized carbons (Fsp3) is 0.500. The van der Waals surface area contributed by atoms with Crippen LogP contribution in [0.4, 0.5) is 0 Å². The molecule has 0 aliphatic rings. The molecule has 1 aromatic rings. The molecule has 1 rings (SSSR count). The Balaban J connectivity index is 2.81. The number of benzene rings is 1. The van der Waals surface area contributed by atoms with E-state index in [9.17, 15) is 13.2 Å². The fourth-order valence-corrected chi connectivity index (χ4v) is 2.09. The van der Waals surface area contributed by atoms with Gasteiger partial charge in [-0.3, -0.25) is 9.52 Å². The van der Waals surface area contributed by atoms with Crippen molar-refractivity contribution < 1.29 is 17.9 Å². The molecule has 0 aromatic heterocycles. The predicted molar refractivity (Wildman–Crippen MR) is 78.2 cm³/mol. The number of hydrogen-bond acceptors (Lipinski definition) is 4. The minimum Gasteiger partial charge on any atom is -0.481 e. The first-order valence-corrected chi connectivity index (χ1v) is 8.17. The Kier molecular flexibility index (Phi) is 4.81. The number of ether oxygens (including phenoxy) is 1. The average Bonchev–Trinajstić information content (AvgIpc) is 2.25. The van der Waals surface area contributed by atoms with E-state index >= 15 is 0 Å². The maximum absolute atomic E-state index is 11.6. The van der Waals surface area contributed by atoms with Crippen LogP contribution in [0.25, 0.3) is 0 Å². The van der Waals surface area contributed by atoms with E-state index in [1.54, 1.807) is 6.07 Å². The Morgan fingerprint density at radius 3 is 2.40 bits per heavy atom. The van der Waals surface area contributed by atoms with Gasteiger partial charge in [-0.25, -0.2) is 8.42 Å². The van der Waals surface area contributed by atoms with Gasteiger partial charge in [-0.15, -0.1) is 0 Å². The van der Waals surface area contributed by atoms with Crippen LogP contribution in [0, 0.1) is 0 Å². The average molecular weight is 299 g/mol. The van der Waals surface area contributed by atoms with Crippen LogP contribution in [-0.2, 0) is 20.2 Å². The first-order chi connectivity index (χ1) is 8.99. The lowest BCUT2D eigenvalue weighted by atomic mass is 9.87. The molecule has 0 aliphatic heterocycles. The second-order valence-electron chi connectivity index (χ2n) is 5.78. The summed E-state index contributed by atoms with van der Waals surface area (Å²) in [6, 6.07) is 7.41. The summed E-state index contributed by atoms with van der Waals surface area (Å²) in [5.41, 5.74) is 1.04. The van der Waals surface area contributed by atoms with Crippen LogP contribution in [0.15, 0.2) is 24.3 Å². The molecule has 0 radical (unpaired) electrons. The highest BCUT2D eigenvalue weighted by Gasteiger charge is 2.19. The summed E-state index contributed by atoms with van der Waals surface area (Å²) in [5.74, 6) is -0.151. The van der Waals surface area contributed by atoms with Gasteiger partial charge in [0.05, 0.1) is 6.26 Å². The van der Waals surface area contributed by atoms with Crippen LogP contribution in [-0.4, -0.2) is 26.7 Å². The van der Waals surface area contributed by atoms with Crippen molar-refractivity contribution in [2.45, 2.75) is 39.2 Å². The summed E-state index contributed by atoms with van der Waals surface area (Å²) < 4.78 is 29.4. The first-order valence-electron chi connectivity index (χ1n) is 6.28. The zero-order valence-corrected chi connectivity index (χ0v) is 13.2. The van der Waals surface area contributed by atoms with Crippen LogP contribution in [0.5, 0.6) is 5.75 Å². The molecule has 0 aliphatic carbocycles. The van der Waals surface area contributed by atoms with Gasteiger partial charge in [0.1, 0.15) is 5.75 Å². The van der Waals surface area contributed by atoms with Gasteiger partial charge in [-0.1, -0.05) is 32.9 Å². The van der Waals surface area contributed by atoms with Crippen molar-refractivity contribution >= 4 is 15.9 Å². The molecule has 0 fully saturated rings. The third-order valence-electron chi connectivity index (χ3n) is 2.67. The van der Waals surface area contributed by atoms with Crippen molar-refractivity contribution in [1.29, 1.82) is 0 Å². The zero-order chi connectivity index (χ0) is 15.6. The summed E-state index contributed by atoms with van der Waals surface area (Å²) in [4.78, 5) is 11.6. The molecule has 6 heteroatoms. The molecule has 0 bridgehead atoms. The molecule has 0 saturated heterocycles. The summed E-state index contributed by atoms with van der Waals surface area (Å²) >= 11 is 0. The number of carbonyl (C=O) groups is 1. The molecule has 1 unspecified atom stereocenters. The van der Waals surface area contributed by atoms with E-state index in [-0.39, 0.29) is 5.41 Å². The van der Waals surface area contributed by atoms with Crippen molar-refractivity contribution in [3.05, 3.63) is 29.8 Å². The highest BCUT2D eigenvalue weighted by atomic mass is 32.2. The number of amides is 1. The lowest BCUT2D eigenvalue weighted by Crippen LogP contribution is -2.39. The van der Waals surface area contributed by atoms with Crippen molar-refractivity contribution in [2.24, 2.45) is 0 Å². The summed E-state index contributed by atoms with van der Waals surface area (Å²) in [7, 11) is -3.57. The largest absolute Gasteiger partial charge is 0.481 e. The molecule has 1 atom stereocenters. The number of hydrogen-bond donors (Lipinski definition) is 1. The zero-order valence-electron chi connectivity index (χ0n) is 12.4. The van der Waals surface area contributed by atoms with Crippen molar-refractivity contribution in [3.63, 3.8) is 0 Å². The van der Waals surface area contributed by atoms with Crippen molar-refractivity contribution in [2.75, 3.05) is 6.26 Å². The molecule has 1 N–H and O–H groups in total. The topological polar surface area (TPSA) is 72.5 Å². The normalized spacial score (nSPS) is 13.7. The highest BCUT2D eigenvalue weighted by molar-refractivity contribution is 7.89. The lowest BCUT2D eigenvalue weighted by Gasteiger charge is -2.21. The Bertz CT molecular complexity index is 587. The Morgan fingerprint density at radius 2 is 1.90 bits per heavy atom. The van der Waals surface area contributed by atoms with Gasteiger partial charge in [0.2, 0.25) is 10.0 Å². The number of rotatable bonds is 4. The molecule has 112 valence electrons. The van der Waals surface area contributed by atoms with E-state index in [2.05, 4.69) is 20.8 Å². The third-order valence-corrected chi connectivity index (χ3v) is 3.24. The van der Waals surface area contributed by atoms with Gasteiger partial charge in [0, 0.05) is 0 Å². The maximum atomic E-state index is 11.6. The SMILES string of the molecule is CC(Oc1cccc(C(C)(C)C)c1)C(=O)NS(C)(=O)=O. The van der Waals surface area contributed by atoms with Crippen LogP contribution in [0.2, 0.25) is 0 Å². The number of nitrogens with one attached hydrogen (secondary N) is 1. The van der Waals surface area contributed by atoms with E-state index in [4.69, 9.17) is 4.74 Å². The molecule has 0 spiro atoms. The minimum absolute atomic E-state index is 0.0301. The molecule has 1 amide bonds. The van der Waals surface area contributed by atoms with Gasteiger partial charge in [0.25, 0.3) is 5.91 Å². The summed E-state index contributed by atoms with van der Waals surface area (Å²) in [5, 5.41) is 0. The lowest BCUT2D eigenvalue weighted by molar-refractivity contribution is -0.125. The maximum Gasteiger partial charge on any atom is 0.274 e. The Morgan fingerprint density at radius 1 is 1.30 bits per heavy atom. The first kappa shape index (κ1) is 16.5. The van der Waals surface area contributed by atoms with Gasteiger partial charge in [-0.05, 0) is 30.0 Å². The van der Waals surface area contributed by atoms with Crippen molar-refractivity contribution in [1.82, 2.24) is 4.72 Å². The molecular formula is C14H21NO4S. The van der Waals surface area contributed by atoms with Gasteiger partial charge in [-0.2, -0.15) is 0 Å². The van der Waals surface area contributed by atoms with E-state index in [0.717, 1.165) is 11.8 Å². The van der Waals surface area contributed by atoms with E-state index in [1.807, 2.05) is 22.9 Å². The Labute approximate surface area is 120 Å². The molecule has 0 saturated carbocycles. The molecule has 0 heterocycles. The number of sulfonamides is 1. The predicted octanol–water partition coefficient (Wildman–Crippen LogP) is 1.83. The van der Waals surface area contributed by atoms with Crippen LogP contribution < -0.4 is 9.46 Å². The van der Waals surface area contributed by atoms with Crippen LogP contribution in [0.1, 0.15) is 33.3 Å². The second kappa shape index (κ2) is 5.83. The molecule has 1 aromatic carbocycles.